The lowest BCUT2D eigenvalue weighted by atomic mass is 9.93. The minimum absolute atomic E-state index is 0.384. The summed E-state index contributed by atoms with van der Waals surface area (Å²) in [5.74, 6) is 0.898. The Labute approximate surface area is 75.5 Å². The van der Waals surface area contributed by atoms with Gasteiger partial charge in [-0.25, -0.2) is 0 Å². The smallest absolute Gasteiger partial charge is 0.135 e. The van der Waals surface area contributed by atoms with Gasteiger partial charge in [-0.3, -0.25) is 4.79 Å². The molecule has 0 N–H and O–H groups in total. The molecule has 0 amide bonds. The second-order valence-corrected chi connectivity index (χ2v) is 3.76. The molecule has 0 bridgehead atoms. The van der Waals surface area contributed by atoms with Crippen molar-refractivity contribution in [1.82, 2.24) is 0 Å². The third-order valence-corrected chi connectivity index (χ3v) is 2.73. The number of ketones is 1. The molecule has 12 heavy (non-hydrogen) atoms. The van der Waals surface area contributed by atoms with Crippen molar-refractivity contribution in [2.24, 2.45) is 5.92 Å². The van der Waals surface area contributed by atoms with E-state index in [4.69, 9.17) is 0 Å². The second kappa shape index (κ2) is 5.34. The average molecular weight is 167 g/mol. The van der Waals surface area contributed by atoms with Gasteiger partial charge in [0.25, 0.3) is 0 Å². The van der Waals surface area contributed by atoms with Crippen molar-refractivity contribution in [1.29, 1.82) is 0 Å². The van der Waals surface area contributed by atoms with Gasteiger partial charge in [0.1, 0.15) is 5.78 Å². The number of Topliss-reactive ketones (excluding diaryl/α,β-unsaturated/α-hetero) is 1. The van der Waals surface area contributed by atoms with E-state index >= 15 is 0 Å². The lowest BCUT2D eigenvalue weighted by Crippen LogP contribution is -2.11. The van der Waals surface area contributed by atoms with Crippen molar-refractivity contribution in [2.75, 3.05) is 0 Å². The van der Waals surface area contributed by atoms with Crippen LogP contribution in [-0.2, 0) is 4.79 Å². The SMILES string of the molecule is [CH2]CCCC1CCCCCC1=O. The summed E-state index contributed by atoms with van der Waals surface area (Å²) in [5.41, 5.74) is 0. The molecule has 1 radical (unpaired) electrons. The predicted octanol–water partition coefficient (Wildman–Crippen LogP) is 3.14. The second-order valence-electron chi connectivity index (χ2n) is 3.76. The van der Waals surface area contributed by atoms with Crippen molar-refractivity contribution in [3.05, 3.63) is 6.92 Å². The fraction of sp³-hybridized carbons (Fsp3) is 0.818. The van der Waals surface area contributed by atoms with Gasteiger partial charge in [-0.1, -0.05) is 32.6 Å². The maximum Gasteiger partial charge on any atom is 0.135 e. The van der Waals surface area contributed by atoms with E-state index in [9.17, 15) is 4.79 Å². The van der Waals surface area contributed by atoms with Crippen LogP contribution in [0.1, 0.15) is 51.4 Å². The van der Waals surface area contributed by atoms with Crippen LogP contribution in [0, 0.1) is 12.8 Å². The molecule has 0 heterocycles. The normalized spacial score (nSPS) is 25.4. The standard InChI is InChI=1S/C11H19O/c1-2-3-7-10-8-5-4-6-9-11(10)12/h10H,1-9H2. The summed E-state index contributed by atoms with van der Waals surface area (Å²) in [7, 11) is 0. The minimum atomic E-state index is 0.384. The van der Waals surface area contributed by atoms with Crippen molar-refractivity contribution >= 4 is 5.78 Å². The van der Waals surface area contributed by atoms with E-state index in [1.54, 1.807) is 0 Å². The Hall–Kier alpha value is -0.330. The van der Waals surface area contributed by atoms with E-state index in [0.717, 1.165) is 38.5 Å². The summed E-state index contributed by atoms with van der Waals surface area (Å²) in [4.78, 5) is 11.5. The zero-order valence-electron chi connectivity index (χ0n) is 7.85. The Bertz CT molecular complexity index is 140. The lowest BCUT2D eigenvalue weighted by Gasteiger charge is -2.10. The molecule has 1 aliphatic rings. The van der Waals surface area contributed by atoms with Crippen LogP contribution in [0.5, 0.6) is 0 Å². The van der Waals surface area contributed by atoms with Gasteiger partial charge in [0.2, 0.25) is 0 Å². The summed E-state index contributed by atoms with van der Waals surface area (Å²) in [6.07, 6.45) is 8.79. The highest BCUT2D eigenvalue weighted by Crippen LogP contribution is 2.23. The van der Waals surface area contributed by atoms with Crippen LogP contribution in [0.2, 0.25) is 0 Å². The van der Waals surface area contributed by atoms with Crippen molar-refractivity contribution in [2.45, 2.75) is 51.4 Å². The van der Waals surface area contributed by atoms with Crippen molar-refractivity contribution in [3.63, 3.8) is 0 Å². The molecule has 1 rings (SSSR count). The molecule has 1 saturated carbocycles. The number of rotatable bonds is 3. The molecule has 1 aliphatic carbocycles. The fourth-order valence-corrected chi connectivity index (χ4v) is 1.93. The summed E-state index contributed by atoms with van der Waals surface area (Å²) in [6, 6.07) is 0. The Kier molecular flexibility index (Phi) is 4.34. The fourth-order valence-electron chi connectivity index (χ4n) is 1.93. The molecule has 0 aromatic heterocycles. The third kappa shape index (κ3) is 2.96. The van der Waals surface area contributed by atoms with Crippen LogP contribution < -0.4 is 0 Å². The molecule has 1 heteroatoms. The zero-order valence-corrected chi connectivity index (χ0v) is 7.85. The molecule has 1 unspecified atom stereocenters. The first-order valence-corrected chi connectivity index (χ1v) is 5.16. The van der Waals surface area contributed by atoms with Crippen molar-refractivity contribution < 1.29 is 4.79 Å². The maximum atomic E-state index is 11.5. The van der Waals surface area contributed by atoms with Gasteiger partial charge >= 0.3 is 0 Å². The van der Waals surface area contributed by atoms with E-state index < -0.39 is 0 Å². The number of carbonyl (C=O) groups is 1. The molecule has 1 atom stereocenters. The molecule has 1 fully saturated rings. The Morgan fingerprint density at radius 3 is 2.92 bits per heavy atom. The van der Waals surface area contributed by atoms with Crippen LogP contribution in [0.4, 0.5) is 0 Å². The van der Waals surface area contributed by atoms with E-state index in [2.05, 4.69) is 6.92 Å². The molecule has 1 nitrogen and oxygen atoms in total. The van der Waals surface area contributed by atoms with Crippen LogP contribution in [-0.4, -0.2) is 5.78 Å². The van der Waals surface area contributed by atoms with Gasteiger partial charge in [-0.2, -0.15) is 0 Å². The molecule has 0 aliphatic heterocycles. The van der Waals surface area contributed by atoms with E-state index in [0.29, 0.717) is 11.7 Å². The summed E-state index contributed by atoms with van der Waals surface area (Å²) >= 11 is 0. The Morgan fingerprint density at radius 2 is 2.17 bits per heavy atom. The number of unbranched alkanes of at least 4 members (excludes halogenated alkanes) is 1. The highest BCUT2D eigenvalue weighted by atomic mass is 16.1. The monoisotopic (exact) mass is 167 g/mol. The first kappa shape index (κ1) is 9.76. The number of carbonyl (C=O) groups excluding carboxylic acids is 1. The number of hydrogen-bond donors (Lipinski definition) is 0. The highest BCUT2D eigenvalue weighted by Gasteiger charge is 2.19. The van der Waals surface area contributed by atoms with Gasteiger partial charge in [0.05, 0.1) is 0 Å². The highest BCUT2D eigenvalue weighted by molar-refractivity contribution is 5.81. The predicted molar refractivity (Wildman–Crippen MR) is 50.8 cm³/mol. The lowest BCUT2D eigenvalue weighted by molar-refractivity contribution is -0.122. The Morgan fingerprint density at radius 1 is 1.33 bits per heavy atom. The molecular formula is C11H19O. The van der Waals surface area contributed by atoms with Gasteiger partial charge in [-0.15, -0.1) is 0 Å². The molecule has 69 valence electrons. The van der Waals surface area contributed by atoms with Gasteiger partial charge < -0.3 is 0 Å². The molecule has 0 aromatic rings. The van der Waals surface area contributed by atoms with E-state index in [-0.39, 0.29) is 0 Å². The summed E-state index contributed by atoms with van der Waals surface area (Å²) in [5, 5.41) is 0. The van der Waals surface area contributed by atoms with Crippen LogP contribution in [0.3, 0.4) is 0 Å². The summed E-state index contributed by atoms with van der Waals surface area (Å²) in [6.45, 7) is 3.81. The molecule has 0 spiro atoms. The van der Waals surface area contributed by atoms with Crippen LogP contribution in [0.15, 0.2) is 0 Å². The quantitative estimate of drug-likeness (QED) is 0.590. The molecular weight excluding hydrogens is 148 g/mol. The van der Waals surface area contributed by atoms with Gasteiger partial charge in [0.15, 0.2) is 0 Å². The summed E-state index contributed by atoms with van der Waals surface area (Å²) < 4.78 is 0. The minimum Gasteiger partial charge on any atom is -0.299 e. The van der Waals surface area contributed by atoms with Crippen LogP contribution >= 0.6 is 0 Å². The molecule has 0 saturated heterocycles. The van der Waals surface area contributed by atoms with Crippen LogP contribution in [0.25, 0.3) is 0 Å². The zero-order chi connectivity index (χ0) is 8.81. The van der Waals surface area contributed by atoms with Gasteiger partial charge in [0, 0.05) is 12.3 Å². The Balaban J connectivity index is 2.31. The van der Waals surface area contributed by atoms with E-state index in [1.165, 1.54) is 12.8 Å². The maximum absolute atomic E-state index is 11.5. The van der Waals surface area contributed by atoms with Crippen molar-refractivity contribution in [3.8, 4) is 0 Å². The third-order valence-electron chi connectivity index (χ3n) is 2.73. The van der Waals surface area contributed by atoms with E-state index in [1.807, 2.05) is 0 Å². The average Bonchev–Trinajstić information content (AvgIpc) is 2.27. The van der Waals surface area contributed by atoms with Gasteiger partial charge in [-0.05, 0) is 19.3 Å². The molecule has 0 aromatic carbocycles. The first-order chi connectivity index (χ1) is 5.84. The first-order valence-electron chi connectivity index (χ1n) is 5.16. The number of hydrogen-bond acceptors (Lipinski definition) is 1. The topological polar surface area (TPSA) is 17.1 Å². The largest absolute Gasteiger partial charge is 0.299 e.